The maximum atomic E-state index is 13.1. The van der Waals surface area contributed by atoms with E-state index in [1.165, 1.54) is 36.8 Å². The van der Waals surface area contributed by atoms with Gasteiger partial charge in [-0.15, -0.1) is 0 Å². The highest BCUT2D eigenvalue weighted by Gasteiger charge is 2.61. The number of nitrogens with zero attached hydrogens (tertiary/aromatic N) is 1. The summed E-state index contributed by atoms with van der Waals surface area (Å²) in [6.07, 6.45) is 7.05. The summed E-state index contributed by atoms with van der Waals surface area (Å²) in [6, 6.07) is 9.14. The summed E-state index contributed by atoms with van der Waals surface area (Å²) in [6.45, 7) is 1.88. The van der Waals surface area contributed by atoms with Crippen LogP contribution in [0.5, 0.6) is 0 Å². The molecule has 5 atom stereocenters. The summed E-state index contributed by atoms with van der Waals surface area (Å²) >= 11 is 0. The Morgan fingerprint density at radius 1 is 1.22 bits per heavy atom. The summed E-state index contributed by atoms with van der Waals surface area (Å²) < 4.78 is 0. The Morgan fingerprint density at radius 3 is 2.96 bits per heavy atom. The first-order chi connectivity index (χ1) is 11.2. The Balaban J connectivity index is 1.36. The molecule has 1 spiro atoms. The van der Waals surface area contributed by atoms with Crippen molar-refractivity contribution in [1.82, 2.24) is 4.90 Å². The van der Waals surface area contributed by atoms with Crippen LogP contribution in [0, 0.1) is 17.8 Å². The van der Waals surface area contributed by atoms with Gasteiger partial charge in [-0.3, -0.25) is 4.79 Å². The molecule has 3 nitrogen and oxygen atoms in total. The maximum Gasteiger partial charge on any atom is 0.226 e. The minimum absolute atomic E-state index is 0.172. The Hall–Kier alpha value is -1.35. The molecule has 3 fully saturated rings. The highest BCUT2D eigenvalue weighted by Crippen LogP contribution is 2.61. The van der Waals surface area contributed by atoms with E-state index in [-0.39, 0.29) is 11.3 Å². The first-order valence-corrected chi connectivity index (χ1v) is 9.32. The number of likely N-dealkylation sites (tertiary alicyclic amines) is 1. The van der Waals surface area contributed by atoms with Crippen LogP contribution in [0.25, 0.3) is 0 Å². The van der Waals surface area contributed by atoms with Crippen LogP contribution in [0.3, 0.4) is 0 Å². The number of aryl methyl sites for hydroxylation is 1. The highest BCUT2D eigenvalue weighted by atomic mass is 16.2. The monoisotopic (exact) mass is 310 g/mol. The molecule has 1 aliphatic heterocycles. The lowest BCUT2D eigenvalue weighted by molar-refractivity contribution is -0.132. The summed E-state index contributed by atoms with van der Waals surface area (Å²) in [5.41, 5.74) is 9.36. The van der Waals surface area contributed by atoms with Gasteiger partial charge in [-0.2, -0.15) is 0 Å². The summed E-state index contributed by atoms with van der Waals surface area (Å²) in [4.78, 5) is 15.3. The van der Waals surface area contributed by atoms with Crippen molar-refractivity contribution in [3.8, 4) is 0 Å². The predicted molar refractivity (Wildman–Crippen MR) is 89.9 cm³/mol. The number of rotatable bonds is 1. The number of carbonyl (C=O) groups is 1. The third kappa shape index (κ3) is 1.95. The fraction of sp³-hybridized carbons (Fsp3) is 0.650. The smallest absolute Gasteiger partial charge is 0.226 e. The molecule has 3 heteroatoms. The zero-order valence-electron chi connectivity index (χ0n) is 13.7. The molecule has 2 N–H and O–H groups in total. The van der Waals surface area contributed by atoms with E-state index in [1.807, 2.05) is 0 Å². The van der Waals surface area contributed by atoms with Crippen molar-refractivity contribution in [2.45, 2.75) is 50.0 Å². The molecule has 0 radical (unpaired) electrons. The summed E-state index contributed by atoms with van der Waals surface area (Å²) in [7, 11) is 0. The quantitative estimate of drug-likeness (QED) is 0.866. The van der Waals surface area contributed by atoms with Crippen LogP contribution in [0.4, 0.5) is 0 Å². The molecule has 3 aliphatic carbocycles. The predicted octanol–water partition coefficient (Wildman–Crippen LogP) is 2.48. The minimum Gasteiger partial charge on any atom is -0.342 e. The van der Waals surface area contributed by atoms with Gasteiger partial charge in [0.05, 0.1) is 0 Å². The van der Waals surface area contributed by atoms with E-state index >= 15 is 0 Å². The number of hydrogen-bond acceptors (Lipinski definition) is 2. The molecule has 1 aromatic rings. The van der Waals surface area contributed by atoms with Crippen LogP contribution in [-0.2, 0) is 16.6 Å². The number of nitrogens with two attached hydrogens (primary N) is 1. The van der Waals surface area contributed by atoms with Gasteiger partial charge in [0, 0.05) is 30.5 Å². The molecule has 1 aromatic carbocycles. The second-order valence-electron chi connectivity index (χ2n) is 8.33. The van der Waals surface area contributed by atoms with Gasteiger partial charge in [0.1, 0.15) is 0 Å². The Labute approximate surface area is 138 Å². The third-order valence-electron chi connectivity index (χ3n) is 7.22. The molecule has 1 heterocycles. The summed E-state index contributed by atoms with van der Waals surface area (Å²) in [5, 5.41) is 0. The average Bonchev–Trinajstić information content (AvgIpc) is 2.95. The SMILES string of the molecule is NC1CCC2CN(C(=O)C3CC34CCCc3ccccc34)CC12. The lowest BCUT2D eigenvalue weighted by Crippen LogP contribution is -2.36. The molecule has 5 rings (SSSR count). The molecule has 23 heavy (non-hydrogen) atoms. The van der Waals surface area contributed by atoms with E-state index in [0.717, 1.165) is 25.9 Å². The summed E-state index contributed by atoms with van der Waals surface area (Å²) in [5.74, 6) is 1.89. The maximum absolute atomic E-state index is 13.1. The second kappa shape index (κ2) is 4.83. The van der Waals surface area contributed by atoms with Crippen LogP contribution < -0.4 is 5.73 Å². The van der Waals surface area contributed by atoms with Crippen molar-refractivity contribution in [2.24, 2.45) is 23.5 Å². The number of fused-ring (bicyclic) bond motifs is 3. The van der Waals surface area contributed by atoms with E-state index in [0.29, 0.717) is 23.8 Å². The number of benzene rings is 1. The van der Waals surface area contributed by atoms with E-state index in [4.69, 9.17) is 5.73 Å². The van der Waals surface area contributed by atoms with Crippen LogP contribution in [0.15, 0.2) is 24.3 Å². The topological polar surface area (TPSA) is 46.3 Å². The van der Waals surface area contributed by atoms with Crippen molar-refractivity contribution in [3.63, 3.8) is 0 Å². The zero-order valence-corrected chi connectivity index (χ0v) is 13.7. The van der Waals surface area contributed by atoms with Gasteiger partial charge in [-0.25, -0.2) is 0 Å². The van der Waals surface area contributed by atoms with Crippen LogP contribution >= 0.6 is 0 Å². The Kier molecular flexibility index (Phi) is 2.94. The average molecular weight is 310 g/mol. The molecule has 122 valence electrons. The largest absolute Gasteiger partial charge is 0.342 e. The standard InChI is InChI=1S/C20H26N2O/c21-18-8-7-14-11-22(12-15(14)18)19(23)17-10-20(17)9-3-5-13-4-1-2-6-16(13)20/h1-2,4,6,14-15,17-18H,3,5,7-12,21H2. The highest BCUT2D eigenvalue weighted by molar-refractivity contribution is 5.85. The first kappa shape index (κ1) is 14.0. The molecule has 1 amide bonds. The number of carbonyl (C=O) groups excluding carboxylic acids is 1. The van der Waals surface area contributed by atoms with Gasteiger partial charge < -0.3 is 10.6 Å². The molecular formula is C20H26N2O. The minimum atomic E-state index is 0.172. The van der Waals surface area contributed by atoms with E-state index in [1.54, 1.807) is 0 Å². The second-order valence-corrected chi connectivity index (χ2v) is 8.33. The number of amides is 1. The van der Waals surface area contributed by atoms with Gasteiger partial charge in [0.15, 0.2) is 0 Å². The van der Waals surface area contributed by atoms with E-state index in [9.17, 15) is 4.79 Å². The molecule has 0 bridgehead atoms. The lowest BCUT2D eigenvalue weighted by atomic mass is 9.78. The van der Waals surface area contributed by atoms with E-state index < -0.39 is 0 Å². The van der Waals surface area contributed by atoms with Crippen LogP contribution in [0.1, 0.15) is 43.2 Å². The molecule has 0 aromatic heterocycles. The van der Waals surface area contributed by atoms with Crippen molar-refractivity contribution in [2.75, 3.05) is 13.1 Å². The van der Waals surface area contributed by atoms with Crippen molar-refractivity contribution >= 4 is 5.91 Å². The molecule has 1 saturated heterocycles. The van der Waals surface area contributed by atoms with Gasteiger partial charge in [-0.05, 0) is 61.5 Å². The van der Waals surface area contributed by atoms with E-state index in [2.05, 4.69) is 29.2 Å². The molecule has 5 unspecified atom stereocenters. The van der Waals surface area contributed by atoms with Crippen molar-refractivity contribution < 1.29 is 4.79 Å². The number of hydrogen-bond donors (Lipinski definition) is 1. The van der Waals surface area contributed by atoms with Gasteiger partial charge in [0.2, 0.25) is 5.91 Å². The fourth-order valence-corrected chi connectivity index (χ4v) is 5.86. The van der Waals surface area contributed by atoms with Crippen molar-refractivity contribution in [1.29, 1.82) is 0 Å². The van der Waals surface area contributed by atoms with Crippen LogP contribution in [0.2, 0.25) is 0 Å². The normalized spacial score (nSPS) is 41.0. The third-order valence-corrected chi connectivity index (χ3v) is 7.22. The molecule has 2 saturated carbocycles. The first-order valence-electron chi connectivity index (χ1n) is 9.32. The van der Waals surface area contributed by atoms with Crippen molar-refractivity contribution in [3.05, 3.63) is 35.4 Å². The lowest BCUT2D eigenvalue weighted by Gasteiger charge is -2.28. The Bertz CT molecular complexity index is 657. The molecular weight excluding hydrogens is 284 g/mol. The Morgan fingerprint density at radius 2 is 2.09 bits per heavy atom. The fourth-order valence-electron chi connectivity index (χ4n) is 5.86. The zero-order chi connectivity index (χ0) is 15.6. The van der Waals surface area contributed by atoms with Gasteiger partial charge in [-0.1, -0.05) is 24.3 Å². The van der Waals surface area contributed by atoms with Gasteiger partial charge >= 0.3 is 0 Å². The van der Waals surface area contributed by atoms with Gasteiger partial charge in [0.25, 0.3) is 0 Å². The molecule has 4 aliphatic rings. The van der Waals surface area contributed by atoms with Crippen LogP contribution in [-0.4, -0.2) is 29.9 Å².